The van der Waals surface area contributed by atoms with E-state index in [1.807, 2.05) is 0 Å². The standard InChI is InChI=1S/C43H40F7N3O7/c1-59-32-7-3-22(25-16-23(2-5-30(25)44)35(40(57)58)52-37(54)21-9-12-60-13-10-21)15-26(32)38(55)53-36-27-8-11-42(27)29(14-20-18-41(46,47)19-20)34(42)33(36)39(56)51-24-4-6-31(45)28(17-24)43(48,49)50/h2-7,14-17,20-21,27,33-36H,8-13,18-19H2,1H3,(H,51,56)(H,52,54)(H,53,55)(H,57,58)/t27?,33-,34?,35?,36+,42?/m0/s1. The Morgan fingerprint density at radius 1 is 0.933 bits per heavy atom. The smallest absolute Gasteiger partial charge is 0.419 e. The maximum atomic E-state index is 15.5. The normalized spacial score (nSPS) is 26.8. The molecular weight excluding hydrogens is 803 g/mol. The molecule has 1 saturated heterocycles. The van der Waals surface area contributed by atoms with E-state index in [1.165, 1.54) is 37.4 Å². The summed E-state index contributed by atoms with van der Waals surface area (Å²) in [6.45, 7) is 0.704. The van der Waals surface area contributed by atoms with E-state index in [9.17, 15) is 50.6 Å². The summed E-state index contributed by atoms with van der Waals surface area (Å²) in [5, 5.41) is 18.0. The molecule has 3 amide bonds. The minimum atomic E-state index is -5.05. The van der Waals surface area contributed by atoms with Crippen LogP contribution >= 0.6 is 0 Å². The summed E-state index contributed by atoms with van der Waals surface area (Å²) in [7, 11) is 1.30. The Balaban J connectivity index is 1.08. The molecule has 4 N–H and O–H groups in total. The number of ether oxygens (including phenoxy) is 2. The molecule has 4 aliphatic carbocycles. The molecule has 60 heavy (non-hydrogen) atoms. The van der Waals surface area contributed by atoms with Crippen molar-refractivity contribution in [1.82, 2.24) is 10.6 Å². The molecule has 8 rings (SSSR count). The summed E-state index contributed by atoms with van der Waals surface area (Å²) in [5.41, 5.74) is -1.67. The van der Waals surface area contributed by atoms with Crippen LogP contribution in [-0.4, -0.2) is 61.1 Å². The summed E-state index contributed by atoms with van der Waals surface area (Å²) >= 11 is 0. The van der Waals surface area contributed by atoms with Gasteiger partial charge in [0.2, 0.25) is 17.7 Å². The lowest BCUT2D eigenvalue weighted by Gasteiger charge is -2.40. The zero-order chi connectivity index (χ0) is 42.9. The van der Waals surface area contributed by atoms with Crippen molar-refractivity contribution in [3.05, 3.63) is 94.6 Å². The van der Waals surface area contributed by atoms with E-state index in [1.54, 1.807) is 6.08 Å². The van der Waals surface area contributed by atoms with Gasteiger partial charge in [0.05, 0.1) is 24.2 Å². The zero-order valence-corrected chi connectivity index (χ0v) is 32.0. The number of allylic oxidation sites excluding steroid dienone is 2. The minimum absolute atomic E-state index is 0.0601. The molecule has 3 aromatic rings. The van der Waals surface area contributed by atoms with Crippen LogP contribution in [-0.2, 0) is 25.3 Å². The Morgan fingerprint density at radius 3 is 2.28 bits per heavy atom. The highest BCUT2D eigenvalue weighted by Crippen LogP contribution is 2.81. The van der Waals surface area contributed by atoms with Gasteiger partial charge in [0.25, 0.3) is 5.91 Å². The van der Waals surface area contributed by atoms with E-state index in [-0.39, 0.29) is 52.5 Å². The average Bonchev–Trinajstić information content (AvgIpc) is 3.80. The van der Waals surface area contributed by atoms with Crippen molar-refractivity contribution in [2.24, 2.45) is 35.0 Å². The number of anilines is 1. The Labute approximate surface area is 338 Å². The highest BCUT2D eigenvalue weighted by atomic mass is 19.4. The molecule has 3 aromatic carbocycles. The van der Waals surface area contributed by atoms with Crippen LogP contribution < -0.4 is 20.7 Å². The van der Waals surface area contributed by atoms with Crippen LogP contribution in [0.5, 0.6) is 5.75 Å². The molecule has 1 spiro atoms. The largest absolute Gasteiger partial charge is 0.496 e. The number of alkyl halides is 5. The molecule has 1 heterocycles. The Morgan fingerprint density at radius 2 is 1.65 bits per heavy atom. The number of nitrogens with one attached hydrogen (secondary N) is 3. The second-order valence-electron chi connectivity index (χ2n) is 16.3. The van der Waals surface area contributed by atoms with Crippen LogP contribution in [0, 0.1) is 46.6 Å². The van der Waals surface area contributed by atoms with Crippen molar-refractivity contribution in [2.75, 3.05) is 25.6 Å². The van der Waals surface area contributed by atoms with E-state index in [2.05, 4.69) is 16.0 Å². The lowest BCUT2D eigenvalue weighted by Crippen LogP contribution is -2.50. The quantitative estimate of drug-likeness (QED) is 0.115. The highest BCUT2D eigenvalue weighted by Gasteiger charge is 2.79. The lowest BCUT2D eigenvalue weighted by molar-refractivity contribution is -0.143. The number of carbonyl (C=O) groups excluding carboxylic acids is 3. The third-order valence-electron chi connectivity index (χ3n) is 12.9. The van der Waals surface area contributed by atoms with Crippen molar-refractivity contribution < 1.29 is 64.5 Å². The fourth-order valence-corrected chi connectivity index (χ4v) is 9.90. The SMILES string of the molecule is COc1ccc(-c2cc(C(NC(=O)C3CCOCC3)C(=O)O)ccc2F)cc1C(=O)N[C@@H]1C2CCC23C(=CC2CC(F)(F)C2)C3[C@@H]1C(=O)Nc1ccc(F)c(C(F)(F)F)c1. The third-order valence-corrected chi connectivity index (χ3v) is 12.9. The van der Waals surface area contributed by atoms with Gasteiger partial charge in [0, 0.05) is 60.6 Å². The summed E-state index contributed by atoms with van der Waals surface area (Å²) in [4.78, 5) is 53.7. The van der Waals surface area contributed by atoms with Gasteiger partial charge in [-0.1, -0.05) is 23.8 Å². The molecule has 1 aliphatic heterocycles. The molecule has 318 valence electrons. The molecule has 5 fully saturated rings. The van der Waals surface area contributed by atoms with Crippen molar-refractivity contribution in [3.8, 4) is 16.9 Å². The number of amides is 3. The number of carbonyl (C=O) groups is 4. The summed E-state index contributed by atoms with van der Waals surface area (Å²) < 4.78 is 109. The first-order valence-electron chi connectivity index (χ1n) is 19.6. The van der Waals surface area contributed by atoms with Gasteiger partial charge in [-0.3, -0.25) is 14.4 Å². The van der Waals surface area contributed by atoms with Crippen molar-refractivity contribution >= 4 is 29.4 Å². The summed E-state index contributed by atoms with van der Waals surface area (Å²) in [6.07, 6.45) is -2.01. The van der Waals surface area contributed by atoms with E-state index >= 15 is 4.39 Å². The topological polar surface area (TPSA) is 143 Å². The molecular formula is C43H40F7N3O7. The van der Waals surface area contributed by atoms with Crippen LogP contribution in [0.15, 0.2) is 66.2 Å². The molecule has 0 aromatic heterocycles. The van der Waals surface area contributed by atoms with Crippen LogP contribution in [0.1, 0.15) is 66.1 Å². The van der Waals surface area contributed by atoms with Gasteiger partial charge >= 0.3 is 12.1 Å². The predicted octanol–water partition coefficient (Wildman–Crippen LogP) is 7.69. The van der Waals surface area contributed by atoms with Crippen LogP contribution in [0.3, 0.4) is 0 Å². The minimum Gasteiger partial charge on any atom is -0.496 e. The van der Waals surface area contributed by atoms with Crippen molar-refractivity contribution in [2.45, 2.75) is 62.7 Å². The van der Waals surface area contributed by atoms with Crippen LogP contribution in [0.2, 0.25) is 0 Å². The predicted molar refractivity (Wildman–Crippen MR) is 200 cm³/mol. The second kappa shape index (κ2) is 15.2. The van der Waals surface area contributed by atoms with E-state index in [0.717, 1.165) is 17.7 Å². The number of carboxylic acid groups (broad SMARTS) is 1. The molecule has 0 radical (unpaired) electrons. The van der Waals surface area contributed by atoms with E-state index < -0.39 is 94.2 Å². The number of hydrogen-bond donors (Lipinski definition) is 4. The fourth-order valence-electron chi connectivity index (χ4n) is 9.90. The number of benzene rings is 3. The van der Waals surface area contributed by atoms with Gasteiger partial charge in [0.1, 0.15) is 17.4 Å². The van der Waals surface area contributed by atoms with Crippen molar-refractivity contribution in [3.63, 3.8) is 0 Å². The maximum absolute atomic E-state index is 15.5. The molecule has 0 bridgehead atoms. The summed E-state index contributed by atoms with van der Waals surface area (Å²) in [5.74, 6) is -11.2. The van der Waals surface area contributed by atoms with Crippen LogP contribution in [0.25, 0.3) is 11.1 Å². The molecule has 6 atom stereocenters. The van der Waals surface area contributed by atoms with Crippen LogP contribution in [0.4, 0.5) is 36.4 Å². The number of rotatable bonds is 11. The average molecular weight is 844 g/mol. The number of aliphatic carboxylic acids is 1. The van der Waals surface area contributed by atoms with Crippen molar-refractivity contribution in [1.29, 1.82) is 0 Å². The third kappa shape index (κ3) is 7.38. The lowest BCUT2D eigenvalue weighted by atomic mass is 9.67. The summed E-state index contributed by atoms with van der Waals surface area (Å²) in [6, 6.07) is 7.36. The second-order valence-corrected chi connectivity index (χ2v) is 16.3. The Hall–Kier alpha value is -5.45. The Kier molecular flexibility index (Phi) is 10.5. The maximum Gasteiger partial charge on any atom is 0.419 e. The first-order chi connectivity index (χ1) is 28.4. The van der Waals surface area contributed by atoms with E-state index in [4.69, 9.17) is 9.47 Å². The molecule has 4 saturated carbocycles. The zero-order valence-electron chi connectivity index (χ0n) is 32.0. The number of halogens is 7. The van der Waals surface area contributed by atoms with Gasteiger partial charge in [0.15, 0.2) is 6.04 Å². The molecule has 5 aliphatic rings. The fraction of sp³-hybridized carbons (Fsp3) is 0.442. The Bertz CT molecular complexity index is 2290. The number of methoxy groups -OCH3 is 1. The van der Waals surface area contributed by atoms with Gasteiger partial charge in [-0.2, -0.15) is 13.2 Å². The molecule has 4 unspecified atom stereocenters. The van der Waals surface area contributed by atoms with Gasteiger partial charge in [-0.25, -0.2) is 22.4 Å². The monoisotopic (exact) mass is 843 g/mol. The first kappa shape index (κ1) is 41.3. The highest BCUT2D eigenvalue weighted by molar-refractivity contribution is 6.00. The van der Waals surface area contributed by atoms with E-state index in [0.29, 0.717) is 51.0 Å². The first-order valence-corrected chi connectivity index (χ1v) is 19.6. The van der Waals surface area contributed by atoms with Gasteiger partial charge in [-0.05, 0) is 91.1 Å². The van der Waals surface area contributed by atoms with Gasteiger partial charge in [-0.15, -0.1) is 0 Å². The number of hydrogen-bond acceptors (Lipinski definition) is 6. The number of carboxylic acids is 1. The van der Waals surface area contributed by atoms with Gasteiger partial charge < -0.3 is 30.5 Å². The molecule has 17 heteroatoms. The molecule has 10 nitrogen and oxygen atoms in total.